The predicted molar refractivity (Wildman–Crippen MR) is 81.5 cm³/mol. The number of carbonyl (C=O) groups excluding carboxylic acids is 1. The first-order chi connectivity index (χ1) is 8.45. The van der Waals surface area contributed by atoms with Crippen molar-refractivity contribution in [1.29, 1.82) is 0 Å². The Hall–Kier alpha value is -0.410. The summed E-state index contributed by atoms with van der Waals surface area (Å²) in [6.07, 6.45) is 1.42. The van der Waals surface area contributed by atoms with Crippen LogP contribution in [0, 0.1) is 5.92 Å². The second-order valence-corrected chi connectivity index (χ2v) is 7.34. The fraction of sp³-hybridized carbons (Fsp3) is 0.938. The summed E-state index contributed by atoms with van der Waals surface area (Å²) in [7, 11) is 0. The number of rotatable bonds is 9. The molecule has 0 rings (SSSR count). The van der Waals surface area contributed by atoms with Gasteiger partial charge in [-0.1, -0.05) is 27.7 Å². The van der Waals surface area contributed by atoms with Gasteiger partial charge in [0.25, 0.3) is 0 Å². The van der Waals surface area contributed by atoms with Gasteiger partial charge < -0.3 is 10.1 Å². The highest BCUT2D eigenvalue weighted by Crippen LogP contribution is 2.19. The molecule has 0 saturated heterocycles. The minimum Gasteiger partial charge on any atom is -0.375 e. The van der Waals surface area contributed by atoms with Crippen molar-refractivity contribution in [3.63, 3.8) is 0 Å². The lowest BCUT2D eigenvalue weighted by Gasteiger charge is -2.31. The Balaban J connectivity index is 4.14. The Kier molecular flexibility index (Phi) is 7.23. The Morgan fingerprint density at radius 1 is 1.11 bits per heavy atom. The van der Waals surface area contributed by atoms with E-state index in [-0.39, 0.29) is 22.8 Å². The first-order valence-electron chi connectivity index (χ1n) is 7.39. The number of hydrogen-bond acceptors (Lipinski definition) is 3. The predicted octanol–water partition coefficient (Wildman–Crippen LogP) is 3.56. The molecule has 0 aromatic rings. The van der Waals surface area contributed by atoms with Gasteiger partial charge in [-0.15, -0.1) is 0 Å². The third-order valence-corrected chi connectivity index (χ3v) is 3.14. The van der Waals surface area contributed by atoms with Crippen molar-refractivity contribution in [2.45, 2.75) is 85.4 Å². The number of Topliss-reactive ketones (excluding diaryl/α,β-unsaturated/α-hetero) is 1. The molecule has 114 valence electrons. The van der Waals surface area contributed by atoms with E-state index in [4.69, 9.17) is 4.74 Å². The fourth-order valence-electron chi connectivity index (χ4n) is 2.11. The summed E-state index contributed by atoms with van der Waals surface area (Å²) in [5, 5.41) is 3.52. The van der Waals surface area contributed by atoms with Gasteiger partial charge in [-0.05, 0) is 34.1 Å². The molecule has 0 aliphatic heterocycles. The third-order valence-electron chi connectivity index (χ3n) is 3.14. The maximum atomic E-state index is 11.8. The van der Waals surface area contributed by atoms with Crippen molar-refractivity contribution in [3.05, 3.63) is 0 Å². The van der Waals surface area contributed by atoms with Crippen molar-refractivity contribution in [3.8, 4) is 0 Å². The molecule has 0 aliphatic carbocycles. The van der Waals surface area contributed by atoms with E-state index in [9.17, 15) is 4.79 Å². The standard InChI is InChI=1S/C16H33NO2/c1-12(2)14(18)11-16(7,8)19-10-9-15(5,6)17-13(3)4/h12-13,17H,9-11H2,1-8H3. The molecule has 0 unspecified atom stereocenters. The summed E-state index contributed by atoms with van der Waals surface area (Å²) in [5.41, 5.74) is -0.304. The largest absolute Gasteiger partial charge is 0.375 e. The molecule has 0 aromatic heterocycles. The van der Waals surface area contributed by atoms with Crippen molar-refractivity contribution in [2.75, 3.05) is 6.61 Å². The van der Waals surface area contributed by atoms with E-state index in [0.29, 0.717) is 19.1 Å². The topological polar surface area (TPSA) is 38.3 Å². The Morgan fingerprint density at radius 3 is 2.05 bits per heavy atom. The molecule has 0 aliphatic rings. The van der Waals surface area contributed by atoms with Crippen molar-refractivity contribution in [2.24, 2.45) is 5.92 Å². The SMILES string of the molecule is CC(C)NC(C)(C)CCOC(C)(C)CC(=O)C(C)C. The molecule has 0 radical (unpaired) electrons. The molecule has 1 N–H and O–H groups in total. The summed E-state index contributed by atoms with van der Waals surface area (Å²) >= 11 is 0. The Labute approximate surface area is 119 Å². The minimum absolute atomic E-state index is 0.0618. The third kappa shape index (κ3) is 9.17. The van der Waals surface area contributed by atoms with E-state index in [1.54, 1.807) is 0 Å². The van der Waals surface area contributed by atoms with Gasteiger partial charge >= 0.3 is 0 Å². The Bertz CT molecular complexity index is 280. The van der Waals surface area contributed by atoms with E-state index in [1.807, 2.05) is 27.7 Å². The molecule has 0 fully saturated rings. The van der Waals surface area contributed by atoms with Gasteiger partial charge in [0.2, 0.25) is 0 Å². The van der Waals surface area contributed by atoms with Gasteiger partial charge in [-0.3, -0.25) is 4.79 Å². The second-order valence-electron chi connectivity index (χ2n) is 7.34. The molecule has 0 bridgehead atoms. The van der Waals surface area contributed by atoms with E-state index in [1.165, 1.54) is 0 Å². The van der Waals surface area contributed by atoms with Crippen LogP contribution in [-0.4, -0.2) is 29.6 Å². The van der Waals surface area contributed by atoms with Crippen LogP contribution in [-0.2, 0) is 9.53 Å². The number of carbonyl (C=O) groups is 1. The number of nitrogens with one attached hydrogen (secondary N) is 1. The summed E-state index contributed by atoms with van der Waals surface area (Å²) in [6.45, 7) is 17.2. The normalized spacial score (nSPS) is 13.4. The maximum Gasteiger partial charge on any atom is 0.138 e. The van der Waals surface area contributed by atoms with Gasteiger partial charge in [-0.25, -0.2) is 0 Å². The lowest BCUT2D eigenvalue weighted by molar-refractivity contribution is -0.128. The molecule has 0 spiro atoms. The molecular weight excluding hydrogens is 238 g/mol. The lowest BCUT2D eigenvalue weighted by atomic mass is 9.95. The van der Waals surface area contributed by atoms with Crippen LogP contribution in [0.5, 0.6) is 0 Å². The van der Waals surface area contributed by atoms with Crippen molar-refractivity contribution in [1.82, 2.24) is 5.32 Å². The van der Waals surface area contributed by atoms with Crippen molar-refractivity contribution >= 4 is 5.78 Å². The molecule has 0 heterocycles. The van der Waals surface area contributed by atoms with Gasteiger partial charge in [-0.2, -0.15) is 0 Å². The average molecular weight is 271 g/mol. The molecule has 0 atom stereocenters. The smallest absolute Gasteiger partial charge is 0.138 e. The second kappa shape index (κ2) is 7.39. The lowest BCUT2D eigenvalue weighted by Crippen LogP contribution is -2.45. The van der Waals surface area contributed by atoms with Gasteiger partial charge in [0.1, 0.15) is 5.78 Å². The van der Waals surface area contributed by atoms with E-state index in [2.05, 4.69) is 33.0 Å². The van der Waals surface area contributed by atoms with Crippen LogP contribution in [0.4, 0.5) is 0 Å². The van der Waals surface area contributed by atoms with Crippen LogP contribution in [0.15, 0.2) is 0 Å². The number of ketones is 1. The van der Waals surface area contributed by atoms with E-state index < -0.39 is 0 Å². The van der Waals surface area contributed by atoms with Crippen LogP contribution < -0.4 is 5.32 Å². The van der Waals surface area contributed by atoms with E-state index >= 15 is 0 Å². The van der Waals surface area contributed by atoms with Gasteiger partial charge in [0.15, 0.2) is 0 Å². The highest BCUT2D eigenvalue weighted by atomic mass is 16.5. The minimum atomic E-state index is -0.366. The van der Waals surface area contributed by atoms with Crippen LogP contribution in [0.3, 0.4) is 0 Å². The van der Waals surface area contributed by atoms with Crippen molar-refractivity contribution < 1.29 is 9.53 Å². The maximum absolute atomic E-state index is 11.8. The summed E-state index contributed by atoms with van der Waals surface area (Å²) in [4.78, 5) is 11.8. The summed E-state index contributed by atoms with van der Waals surface area (Å²) in [5.74, 6) is 0.353. The quantitative estimate of drug-likeness (QED) is 0.697. The van der Waals surface area contributed by atoms with Crippen LogP contribution in [0.2, 0.25) is 0 Å². The van der Waals surface area contributed by atoms with Crippen LogP contribution >= 0.6 is 0 Å². The summed E-state index contributed by atoms with van der Waals surface area (Å²) < 4.78 is 5.91. The molecule has 0 amide bonds. The van der Waals surface area contributed by atoms with Gasteiger partial charge in [0, 0.05) is 30.5 Å². The van der Waals surface area contributed by atoms with E-state index in [0.717, 1.165) is 6.42 Å². The van der Waals surface area contributed by atoms with Gasteiger partial charge in [0.05, 0.1) is 5.60 Å². The first-order valence-corrected chi connectivity index (χ1v) is 7.39. The summed E-state index contributed by atoms with van der Waals surface area (Å²) in [6, 6.07) is 0.463. The molecule has 3 heteroatoms. The molecular formula is C16H33NO2. The first kappa shape index (κ1) is 18.6. The van der Waals surface area contributed by atoms with Crippen LogP contribution in [0.25, 0.3) is 0 Å². The zero-order valence-electron chi connectivity index (χ0n) is 14.1. The highest BCUT2D eigenvalue weighted by Gasteiger charge is 2.25. The average Bonchev–Trinajstić information content (AvgIpc) is 2.12. The Morgan fingerprint density at radius 2 is 1.63 bits per heavy atom. The number of hydrogen-bond donors (Lipinski definition) is 1. The van der Waals surface area contributed by atoms with Crippen LogP contribution in [0.1, 0.15) is 68.2 Å². The number of ether oxygens (including phenoxy) is 1. The molecule has 0 aromatic carbocycles. The molecule has 3 nitrogen and oxygen atoms in total. The monoisotopic (exact) mass is 271 g/mol. The zero-order chi connectivity index (χ0) is 15.3. The zero-order valence-corrected chi connectivity index (χ0v) is 14.1. The fourth-order valence-corrected chi connectivity index (χ4v) is 2.11. The molecule has 19 heavy (non-hydrogen) atoms. The molecule has 0 saturated carbocycles. The highest BCUT2D eigenvalue weighted by molar-refractivity contribution is 5.81.